The monoisotopic (exact) mass is 548 g/mol. The second-order valence-corrected chi connectivity index (χ2v) is 7.56. The van der Waals surface area contributed by atoms with Gasteiger partial charge < -0.3 is 25.0 Å². The summed E-state index contributed by atoms with van der Waals surface area (Å²) in [5, 5.41) is 6.85. The summed E-state index contributed by atoms with van der Waals surface area (Å²) in [6.07, 6.45) is 7.85. The Labute approximate surface area is 208 Å². The maximum Gasteiger partial charge on any atom is 0.191 e. The van der Waals surface area contributed by atoms with Crippen LogP contribution in [-0.4, -0.2) is 39.8 Å². The van der Waals surface area contributed by atoms with Gasteiger partial charge in [0.2, 0.25) is 0 Å². The second kappa shape index (κ2) is 13.1. The van der Waals surface area contributed by atoms with Crippen molar-refractivity contribution in [3.63, 3.8) is 0 Å². The fraction of sp³-hybridized carbons (Fsp3) is 0.400. The lowest BCUT2D eigenvalue weighted by molar-refractivity contribution is 0.330. The molecule has 32 heavy (non-hydrogen) atoms. The van der Waals surface area contributed by atoms with E-state index < -0.39 is 0 Å². The van der Waals surface area contributed by atoms with Crippen molar-refractivity contribution in [2.45, 2.75) is 32.4 Å². The number of halogens is 1. The van der Waals surface area contributed by atoms with Crippen molar-refractivity contribution in [1.82, 2.24) is 10.6 Å². The molecule has 172 valence electrons. The minimum Gasteiger partial charge on any atom is -0.493 e. The molecule has 0 amide bonds. The topological polar surface area (TPSA) is 58.1 Å². The van der Waals surface area contributed by atoms with E-state index in [2.05, 4.69) is 57.6 Å². The molecule has 7 heteroatoms. The van der Waals surface area contributed by atoms with Crippen LogP contribution in [0.4, 0.5) is 5.69 Å². The van der Waals surface area contributed by atoms with Gasteiger partial charge in [0.25, 0.3) is 0 Å². The molecule has 6 nitrogen and oxygen atoms in total. The lowest BCUT2D eigenvalue weighted by Gasteiger charge is -2.22. The van der Waals surface area contributed by atoms with Gasteiger partial charge in [0.1, 0.15) is 6.61 Å². The van der Waals surface area contributed by atoms with Crippen LogP contribution in [0, 0.1) is 12.3 Å². The van der Waals surface area contributed by atoms with Crippen LogP contribution >= 0.6 is 24.0 Å². The molecule has 1 atom stereocenters. The van der Waals surface area contributed by atoms with E-state index in [-0.39, 0.29) is 36.6 Å². The Kier molecular flexibility index (Phi) is 10.5. The summed E-state index contributed by atoms with van der Waals surface area (Å²) in [7, 11) is 3.39. The lowest BCUT2D eigenvalue weighted by atomic mass is 10.1. The van der Waals surface area contributed by atoms with Crippen LogP contribution < -0.4 is 25.0 Å². The van der Waals surface area contributed by atoms with Gasteiger partial charge in [0, 0.05) is 32.4 Å². The van der Waals surface area contributed by atoms with Gasteiger partial charge >= 0.3 is 0 Å². The summed E-state index contributed by atoms with van der Waals surface area (Å²) < 4.78 is 10.9. The van der Waals surface area contributed by atoms with Crippen LogP contribution in [-0.2, 0) is 6.54 Å². The van der Waals surface area contributed by atoms with Crippen molar-refractivity contribution in [3.05, 3.63) is 53.6 Å². The number of hydrogen-bond acceptors (Lipinski definition) is 4. The van der Waals surface area contributed by atoms with E-state index in [4.69, 9.17) is 15.9 Å². The highest BCUT2D eigenvalue weighted by Crippen LogP contribution is 2.28. The molecule has 2 aromatic carbocycles. The van der Waals surface area contributed by atoms with E-state index in [1.807, 2.05) is 18.2 Å². The minimum absolute atomic E-state index is 0. The largest absolute Gasteiger partial charge is 0.493 e. The van der Waals surface area contributed by atoms with Gasteiger partial charge in [0.15, 0.2) is 17.5 Å². The standard InChI is InChI=1S/C25H32N4O2.HI/c1-5-15-31-24-16-20(11-12-23(24)30-4)18-27-25(26-3)28-19(2)21-9-8-10-22(17-21)29-13-6-7-14-29;/h1,8-12,16-17,19H,6-7,13-15,18H2,2-4H3,(H2,26,27,28);1H. The predicted octanol–water partition coefficient (Wildman–Crippen LogP) is 4.35. The number of terminal acetylenes is 1. The first-order chi connectivity index (χ1) is 15.1. The van der Waals surface area contributed by atoms with Gasteiger partial charge in [-0.2, -0.15) is 0 Å². The van der Waals surface area contributed by atoms with Gasteiger partial charge in [-0.25, -0.2) is 0 Å². The second-order valence-electron chi connectivity index (χ2n) is 7.56. The molecule has 3 rings (SSSR count). The van der Waals surface area contributed by atoms with Crippen LogP contribution in [0.15, 0.2) is 47.5 Å². The van der Waals surface area contributed by atoms with Gasteiger partial charge in [-0.05, 0) is 55.2 Å². The van der Waals surface area contributed by atoms with Gasteiger partial charge in [-0.3, -0.25) is 4.99 Å². The third kappa shape index (κ3) is 6.95. The number of methoxy groups -OCH3 is 1. The smallest absolute Gasteiger partial charge is 0.191 e. The van der Waals surface area contributed by atoms with Crippen molar-refractivity contribution in [1.29, 1.82) is 0 Å². The molecule has 1 aliphatic heterocycles. The number of anilines is 1. The molecule has 0 aromatic heterocycles. The number of aliphatic imine (C=N–C) groups is 1. The number of guanidine groups is 1. The average molecular weight is 548 g/mol. The molecule has 0 spiro atoms. The number of rotatable bonds is 8. The molecule has 1 fully saturated rings. The zero-order valence-corrected chi connectivity index (χ0v) is 21.4. The van der Waals surface area contributed by atoms with E-state index in [1.165, 1.54) is 24.1 Å². The fourth-order valence-corrected chi connectivity index (χ4v) is 3.70. The normalized spacial score (nSPS) is 14.2. The molecule has 0 bridgehead atoms. The highest BCUT2D eigenvalue weighted by Gasteiger charge is 2.14. The maximum atomic E-state index is 5.59. The zero-order valence-electron chi connectivity index (χ0n) is 19.1. The molecule has 0 saturated carbocycles. The molecule has 0 radical (unpaired) electrons. The number of nitrogens with one attached hydrogen (secondary N) is 2. The maximum absolute atomic E-state index is 5.59. The highest BCUT2D eigenvalue weighted by atomic mass is 127. The van der Waals surface area contributed by atoms with Gasteiger partial charge in [0.05, 0.1) is 13.2 Å². The minimum atomic E-state index is 0. The van der Waals surface area contributed by atoms with E-state index in [0.29, 0.717) is 18.0 Å². The van der Waals surface area contributed by atoms with Gasteiger partial charge in [-0.15, -0.1) is 30.4 Å². The van der Waals surface area contributed by atoms with Crippen molar-refractivity contribution in [2.75, 3.05) is 38.8 Å². The Morgan fingerprint density at radius 1 is 1.19 bits per heavy atom. The number of ether oxygens (including phenoxy) is 2. The Bertz CT molecular complexity index is 936. The average Bonchev–Trinajstić information content (AvgIpc) is 3.35. The Hall–Kier alpha value is -2.60. The number of hydrogen-bond donors (Lipinski definition) is 2. The van der Waals surface area contributed by atoms with Crippen molar-refractivity contribution in [3.8, 4) is 23.8 Å². The molecule has 1 heterocycles. The van der Waals surface area contributed by atoms with E-state index in [9.17, 15) is 0 Å². The quantitative estimate of drug-likeness (QED) is 0.223. The molecular formula is C25H33IN4O2. The van der Waals surface area contributed by atoms with Crippen LogP contribution in [0.5, 0.6) is 11.5 Å². The summed E-state index contributed by atoms with van der Waals surface area (Å²) in [6.45, 7) is 5.23. The molecule has 2 N–H and O–H groups in total. The van der Waals surface area contributed by atoms with Crippen molar-refractivity contribution >= 4 is 35.6 Å². The van der Waals surface area contributed by atoms with Crippen LogP contribution in [0.1, 0.15) is 36.9 Å². The van der Waals surface area contributed by atoms with Crippen LogP contribution in [0.3, 0.4) is 0 Å². The Morgan fingerprint density at radius 3 is 2.66 bits per heavy atom. The summed E-state index contributed by atoms with van der Waals surface area (Å²) in [6, 6.07) is 14.7. The van der Waals surface area contributed by atoms with Crippen LogP contribution in [0.2, 0.25) is 0 Å². The number of nitrogens with zero attached hydrogens (tertiary/aromatic N) is 2. The molecule has 1 unspecified atom stereocenters. The van der Waals surface area contributed by atoms with Crippen molar-refractivity contribution < 1.29 is 9.47 Å². The molecule has 1 saturated heterocycles. The predicted molar refractivity (Wildman–Crippen MR) is 142 cm³/mol. The van der Waals surface area contributed by atoms with Crippen LogP contribution in [0.25, 0.3) is 0 Å². The highest BCUT2D eigenvalue weighted by molar-refractivity contribution is 14.0. The van der Waals surface area contributed by atoms with E-state index in [1.54, 1.807) is 14.2 Å². The first-order valence-electron chi connectivity index (χ1n) is 10.7. The number of benzene rings is 2. The third-order valence-corrected chi connectivity index (χ3v) is 5.42. The summed E-state index contributed by atoms with van der Waals surface area (Å²) >= 11 is 0. The molecule has 1 aliphatic rings. The van der Waals surface area contributed by atoms with Crippen molar-refractivity contribution in [2.24, 2.45) is 4.99 Å². The lowest BCUT2D eigenvalue weighted by Crippen LogP contribution is -2.38. The molecule has 0 aliphatic carbocycles. The Morgan fingerprint density at radius 2 is 1.97 bits per heavy atom. The zero-order chi connectivity index (χ0) is 22.1. The molecule has 2 aromatic rings. The van der Waals surface area contributed by atoms with Gasteiger partial charge in [-0.1, -0.05) is 24.1 Å². The first kappa shape index (κ1) is 25.7. The first-order valence-corrected chi connectivity index (χ1v) is 10.7. The summed E-state index contributed by atoms with van der Waals surface area (Å²) in [5.41, 5.74) is 3.57. The summed E-state index contributed by atoms with van der Waals surface area (Å²) in [4.78, 5) is 6.83. The SMILES string of the molecule is C#CCOc1cc(CNC(=NC)NC(C)c2cccc(N3CCCC3)c2)ccc1OC.I. The molecular weight excluding hydrogens is 515 g/mol. The fourth-order valence-electron chi connectivity index (χ4n) is 3.70. The summed E-state index contributed by atoms with van der Waals surface area (Å²) in [5.74, 6) is 4.51. The third-order valence-electron chi connectivity index (χ3n) is 5.42. The van der Waals surface area contributed by atoms with E-state index in [0.717, 1.165) is 24.6 Å². The van der Waals surface area contributed by atoms with E-state index >= 15 is 0 Å². The Balaban J connectivity index is 0.00000363.